The van der Waals surface area contributed by atoms with Crippen molar-refractivity contribution in [1.29, 1.82) is 5.26 Å². The second-order valence-corrected chi connectivity index (χ2v) is 9.01. The zero-order valence-corrected chi connectivity index (χ0v) is 16.4. The maximum Gasteiger partial charge on any atom is 0.328 e. The van der Waals surface area contributed by atoms with Crippen LogP contribution in [0.25, 0.3) is 0 Å². The van der Waals surface area contributed by atoms with Crippen molar-refractivity contribution >= 4 is 27.4 Å². The van der Waals surface area contributed by atoms with Crippen molar-refractivity contribution in [3.8, 4) is 6.07 Å². The first-order valence-corrected chi connectivity index (χ1v) is 10.4. The SMILES string of the molecule is CCOC(=O)[C@@]1(C#N)[C@H](c2ccc(Cl)cc2)[C@@H]1S(=O)(=O)c1ccc(C)cc1. The fraction of sp³-hybridized carbons (Fsp3) is 0.300. The van der Waals surface area contributed by atoms with Crippen molar-refractivity contribution in [3.05, 3.63) is 64.7 Å². The van der Waals surface area contributed by atoms with Gasteiger partial charge in [-0.1, -0.05) is 41.4 Å². The Morgan fingerprint density at radius 3 is 2.30 bits per heavy atom. The number of ether oxygens (including phenoxy) is 1. The topological polar surface area (TPSA) is 84.2 Å². The van der Waals surface area contributed by atoms with Crippen molar-refractivity contribution in [2.24, 2.45) is 5.41 Å². The number of esters is 1. The molecule has 0 aliphatic heterocycles. The van der Waals surface area contributed by atoms with E-state index in [4.69, 9.17) is 16.3 Å². The fourth-order valence-electron chi connectivity index (χ4n) is 3.43. The molecule has 2 aromatic rings. The molecule has 1 fully saturated rings. The van der Waals surface area contributed by atoms with Crippen molar-refractivity contribution in [2.45, 2.75) is 29.9 Å². The number of sulfone groups is 1. The summed E-state index contributed by atoms with van der Waals surface area (Å²) in [6.07, 6.45) is 0. The van der Waals surface area contributed by atoms with Gasteiger partial charge in [-0.25, -0.2) is 8.42 Å². The van der Waals surface area contributed by atoms with Gasteiger partial charge in [0, 0.05) is 10.9 Å². The van der Waals surface area contributed by atoms with E-state index in [1.807, 2.05) is 13.0 Å². The minimum atomic E-state index is -3.93. The number of benzene rings is 2. The van der Waals surface area contributed by atoms with Gasteiger partial charge in [0.05, 0.1) is 17.6 Å². The first-order valence-electron chi connectivity index (χ1n) is 8.43. The second kappa shape index (κ2) is 6.99. The lowest BCUT2D eigenvalue weighted by Gasteiger charge is -2.09. The minimum absolute atomic E-state index is 0.0624. The summed E-state index contributed by atoms with van der Waals surface area (Å²) in [5.74, 6) is -1.63. The van der Waals surface area contributed by atoms with Gasteiger partial charge in [0.25, 0.3) is 0 Å². The lowest BCUT2D eigenvalue weighted by Crippen LogP contribution is -2.25. The Labute approximate surface area is 163 Å². The highest BCUT2D eigenvalue weighted by Crippen LogP contribution is 2.64. The van der Waals surface area contributed by atoms with Gasteiger partial charge in [0.1, 0.15) is 5.25 Å². The normalized spacial score (nSPS) is 24.1. The third-order valence-corrected chi connectivity index (χ3v) is 7.34. The molecule has 0 N–H and O–H groups in total. The maximum absolute atomic E-state index is 13.3. The third-order valence-electron chi connectivity index (χ3n) is 4.84. The van der Waals surface area contributed by atoms with Crippen molar-refractivity contribution in [2.75, 3.05) is 6.61 Å². The van der Waals surface area contributed by atoms with Gasteiger partial charge in [-0.3, -0.25) is 4.79 Å². The van der Waals surface area contributed by atoms with E-state index in [1.165, 1.54) is 12.1 Å². The van der Waals surface area contributed by atoms with Crippen LogP contribution in [0.3, 0.4) is 0 Å². The number of carbonyl (C=O) groups excluding carboxylic acids is 1. The van der Waals surface area contributed by atoms with Gasteiger partial charge in [0.2, 0.25) is 0 Å². The predicted molar refractivity (Wildman–Crippen MR) is 101 cm³/mol. The number of nitrogens with zero attached hydrogens (tertiary/aromatic N) is 1. The number of halogens is 1. The van der Waals surface area contributed by atoms with E-state index in [0.29, 0.717) is 10.6 Å². The summed E-state index contributed by atoms with van der Waals surface area (Å²) in [7, 11) is -3.93. The van der Waals surface area contributed by atoms with Crippen LogP contribution in [-0.4, -0.2) is 26.2 Å². The molecule has 0 bridgehead atoms. The van der Waals surface area contributed by atoms with E-state index in [1.54, 1.807) is 43.3 Å². The van der Waals surface area contributed by atoms with Crippen LogP contribution in [0, 0.1) is 23.7 Å². The summed E-state index contributed by atoms with van der Waals surface area (Å²) in [6.45, 7) is 3.53. The number of aryl methyl sites for hydroxylation is 1. The highest BCUT2D eigenvalue weighted by Gasteiger charge is 2.77. The molecule has 140 valence electrons. The van der Waals surface area contributed by atoms with Gasteiger partial charge in [-0.2, -0.15) is 5.26 Å². The molecule has 1 aliphatic rings. The Morgan fingerprint density at radius 1 is 1.19 bits per heavy atom. The highest BCUT2D eigenvalue weighted by atomic mass is 35.5. The predicted octanol–water partition coefficient (Wildman–Crippen LogP) is 3.66. The molecule has 27 heavy (non-hydrogen) atoms. The molecule has 0 saturated heterocycles. The smallest absolute Gasteiger partial charge is 0.328 e. The van der Waals surface area contributed by atoms with Gasteiger partial charge < -0.3 is 4.74 Å². The van der Waals surface area contributed by atoms with Crippen LogP contribution in [0.15, 0.2) is 53.4 Å². The summed E-state index contributed by atoms with van der Waals surface area (Å²) in [5.41, 5.74) is -0.293. The van der Waals surface area contributed by atoms with Gasteiger partial charge in [0.15, 0.2) is 15.3 Å². The molecule has 3 rings (SSSR count). The molecule has 0 unspecified atom stereocenters. The molecule has 3 atom stereocenters. The molecule has 0 heterocycles. The van der Waals surface area contributed by atoms with Crippen LogP contribution in [-0.2, 0) is 19.4 Å². The molecule has 0 spiro atoms. The molecule has 0 aromatic heterocycles. The Balaban J connectivity index is 2.12. The molecule has 1 saturated carbocycles. The first kappa shape index (κ1) is 19.4. The van der Waals surface area contributed by atoms with Crippen molar-refractivity contribution in [1.82, 2.24) is 0 Å². The minimum Gasteiger partial charge on any atom is -0.465 e. The van der Waals surface area contributed by atoms with E-state index in [-0.39, 0.29) is 11.5 Å². The summed E-state index contributed by atoms with van der Waals surface area (Å²) in [6, 6.07) is 14.8. The van der Waals surface area contributed by atoms with Gasteiger partial charge in [-0.05, 0) is 43.7 Å². The van der Waals surface area contributed by atoms with E-state index in [2.05, 4.69) is 0 Å². The zero-order valence-electron chi connectivity index (χ0n) is 14.8. The Hall–Kier alpha value is -2.36. The van der Waals surface area contributed by atoms with E-state index < -0.39 is 32.4 Å². The monoisotopic (exact) mass is 403 g/mol. The van der Waals surface area contributed by atoms with E-state index in [9.17, 15) is 18.5 Å². The number of hydrogen-bond acceptors (Lipinski definition) is 5. The molecular formula is C20H18ClNO4S. The molecule has 0 amide bonds. The van der Waals surface area contributed by atoms with Gasteiger partial charge in [-0.15, -0.1) is 0 Å². The quantitative estimate of drug-likeness (QED) is 0.711. The number of hydrogen-bond donors (Lipinski definition) is 0. The second-order valence-electron chi connectivity index (χ2n) is 6.51. The highest BCUT2D eigenvalue weighted by molar-refractivity contribution is 7.92. The molecule has 5 nitrogen and oxygen atoms in total. The Bertz CT molecular complexity index is 1010. The summed E-state index contributed by atoms with van der Waals surface area (Å²) >= 11 is 5.92. The lowest BCUT2D eigenvalue weighted by molar-refractivity contribution is -0.147. The van der Waals surface area contributed by atoms with Crippen LogP contribution < -0.4 is 0 Å². The van der Waals surface area contributed by atoms with Crippen LogP contribution in [0.1, 0.15) is 24.0 Å². The fourth-order valence-corrected chi connectivity index (χ4v) is 5.81. The maximum atomic E-state index is 13.3. The molecule has 7 heteroatoms. The lowest BCUT2D eigenvalue weighted by atomic mass is 10.0. The summed E-state index contributed by atoms with van der Waals surface area (Å²) in [5, 5.41) is 9.10. The average molecular weight is 404 g/mol. The van der Waals surface area contributed by atoms with Gasteiger partial charge >= 0.3 is 5.97 Å². The number of nitriles is 1. The first-order chi connectivity index (χ1) is 12.8. The molecule has 0 radical (unpaired) electrons. The van der Waals surface area contributed by atoms with Crippen LogP contribution in [0.5, 0.6) is 0 Å². The summed E-state index contributed by atoms with van der Waals surface area (Å²) in [4.78, 5) is 12.7. The summed E-state index contributed by atoms with van der Waals surface area (Å²) < 4.78 is 31.6. The molecular weight excluding hydrogens is 386 g/mol. The largest absolute Gasteiger partial charge is 0.465 e. The zero-order chi connectivity index (χ0) is 19.8. The van der Waals surface area contributed by atoms with E-state index >= 15 is 0 Å². The standard InChI is InChI=1S/C20H18ClNO4S/c1-3-26-19(23)20(12-22)17(14-6-8-15(21)9-7-14)18(20)27(24,25)16-10-4-13(2)5-11-16/h4-11,17-18H,3H2,1-2H3/t17-,18+,20+/m1/s1. The van der Waals surface area contributed by atoms with Crippen molar-refractivity contribution < 1.29 is 17.9 Å². The average Bonchev–Trinajstić information content (AvgIpc) is 3.34. The Morgan fingerprint density at radius 2 is 1.78 bits per heavy atom. The van der Waals surface area contributed by atoms with Crippen molar-refractivity contribution in [3.63, 3.8) is 0 Å². The Kier molecular flexibility index (Phi) is 5.02. The van der Waals surface area contributed by atoms with E-state index in [0.717, 1.165) is 5.56 Å². The molecule has 1 aliphatic carbocycles. The van der Waals surface area contributed by atoms with Crippen LogP contribution >= 0.6 is 11.6 Å². The number of carbonyl (C=O) groups is 1. The number of rotatable bonds is 5. The van der Waals surface area contributed by atoms with Crippen LogP contribution in [0.2, 0.25) is 5.02 Å². The van der Waals surface area contributed by atoms with Crippen LogP contribution in [0.4, 0.5) is 0 Å². The molecule has 2 aromatic carbocycles. The third kappa shape index (κ3) is 3.11.